The number of primary amides is 1. The van der Waals surface area contributed by atoms with E-state index in [1.807, 2.05) is 0 Å². The van der Waals surface area contributed by atoms with Crippen LogP contribution in [0, 0.1) is 27.9 Å². The predicted octanol–water partition coefficient (Wildman–Crippen LogP) is 3.25. The SMILES string of the molecule is CC(C)C(NC(=O)CCOCCOCCOCCOCCNC(=O)COC1C#CCCCCC1)C(=O)N[C@@H](CCCNC(N)=O)C(=O)Nc1ccc(COC(=O)Oc2ccc([N+](=O)[O-])cc2)cc1. The molecule has 374 valence electrons. The van der Waals surface area contributed by atoms with Gasteiger partial charge in [-0.25, -0.2) is 9.59 Å². The van der Waals surface area contributed by atoms with Gasteiger partial charge in [0.05, 0.1) is 57.8 Å². The smallest absolute Gasteiger partial charge is 0.429 e. The Morgan fingerprint density at radius 2 is 1.44 bits per heavy atom. The summed E-state index contributed by atoms with van der Waals surface area (Å²) in [5.74, 6) is 4.09. The van der Waals surface area contributed by atoms with Crippen LogP contribution in [0.15, 0.2) is 48.5 Å². The lowest BCUT2D eigenvalue weighted by Gasteiger charge is -2.25. The molecule has 0 bridgehead atoms. The van der Waals surface area contributed by atoms with Gasteiger partial charge in [0.1, 0.15) is 37.2 Å². The number of nitrogens with two attached hydrogens (primary N) is 1. The van der Waals surface area contributed by atoms with Gasteiger partial charge in [0, 0.05) is 43.8 Å². The number of hydrogen-bond acceptors (Lipinski definition) is 15. The maximum atomic E-state index is 13.5. The van der Waals surface area contributed by atoms with Crippen LogP contribution in [0.25, 0.3) is 0 Å². The van der Waals surface area contributed by atoms with Crippen LogP contribution in [0.4, 0.5) is 21.0 Å². The standard InChI is InChI=1S/C46H65N7O15/c1-33(2)42(52-40(54)20-23-62-25-27-64-29-30-65-28-26-63-24-22-48-41(55)32-66-37-9-6-4-3-5-7-10-37)44(57)51-39(11-8-21-49-45(47)58)43(56)50-35-14-12-34(13-15-35)31-67-46(59)68-38-18-16-36(17-19-38)53(60)61/h12-19,33,37,39,42H,3-6,8-9,11,20-32H2,1-2H3,(H,48,55)(H,50,56)(H,51,57)(H,52,54)(H3,47,49,58)/t37?,39-,42?/m0/s1. The number of nitrogens with one attached hydrogen (secondary N) is 5. The lowest BCUT2D eigenvalue weighted by molar-refractivity contribution is -0.384. The minimum absolute atomic E-state index is 0.0276. The molecule has 22 heteroatoms. The van der Waals surface area contributed by atoms with E-state index in [4.69, 9.17) is 38.9 Å². The quantitative estimate of drug-likeness (QED) is 0.0153. The summed E-state index contributed by atoms with van der Waals surface area (Å²) in [7, 11) is 0. The van der Waals surface area contributed by atoms with E-state index in [-0.39, 0.29) is 88.2 Å². The third-order valence-corrected chi connectivity index (χ3v) is 9.80. The van der Waals surface area contributed by atoms with Crippen LogP contribution >= 0.6 is 0 Å². The molecule has 6 amide bonds. The van der Waals surface area contributed by atoms with Crippen molar-refractivity contribution in [2.24, 2.45) is 11.7 Å². The lowest BCUT2D eigenvalue weighted by atomic mass is 10.0. The number of benzene rings is 2. The van der Waals surface area contributed by atoms with Gasteiger partial charge < -0.3 is 65.5 Å². The molecule has 22 nitrogen and oxygen atoms in total. The average molecular weight is 956 g/mol. The van der Waals surface area contributed by atoms with Gasteiger partial charge in [0.2, 0.25) is 23.6 Å². The number of nitro benzene ring substituents is 1. The van der Waals surface area contributed by atoms with Gasteiger partial charge in [0.15, 0.2) is 0 Å². The molecule has 1 aliphatic carbocycles. The third-order valence-electron chi connectivity index (χ3n) is 9.80. The second kappa shape index (κ2) is 33.2. The number of amides is 6. The zero-order valence-corrected chi connectivity index (χ0v) is 38.7. The number of rotatable bonds is 32. The van der Waals surface area contributed by atoms with Gasteiger partial charge in [-0.15, -0.1) is 5.92 Å². The summed E-state index contributed by atoms with van der Waals surface area (Å²) < 4.78 is 37.7. The number of nitrogens with zero attached hydrogens (tertiary/aromatic N) is 1. The number of nitro groups is 1. The van der Waals surface area contributed by atoms with Crippen LogP contribution < -0.4 is 37.1 Å². The first-order chi connectivity index (χ1) is 32.8. The highest BCUT2D eigenvalue weighted by Gasteiger charge is 2.29. The predicted molar refractivity (Wildman–Crippen MR) is 246 cm³/mol. The molecule has 2 aromatic carbocycles. The van der Waals surface area contributed by atoms with Gasteiger partial charge in [-0.2, -0.15) is 0 Å². The van der Waals surface area contributed by atoms with Gasteiger partial charge in [-0.1, -0.05) is 38.3 Å². The van der Waals surface area contributed by atoms with E-state index in [0.717, 1.165) is 32.1 Å². The summed E-state index contributed by atoms with van der Waals surface area (Å²) in [5.41, 5.74) is 5.92. The highest BCUT2D eigenvalue weighted by molar-refractivity contribution is 5.98. The van der Waals surface area contributed by atoms with E-state index >= 15 is 0 Å². The largest absolute Gasteiger partial charge is 0.514 e. The fourth-order valence-corrected chi connectivity index (χ4v) is 6.17. The Bertz CT molecular complexity index is 1940. The zero-order valence-electron chi connectivity index (χ0n) is 38.7. The zero-order chi connectivity index (χ0) is 49.4. The number of carbonyl (C=O) groups excluding carboxylic acids is 6. The average Bonchev–Trinajstić information content (AvgIpc) is 3.29. The van der Waals surface area contributed by atoms with Crippen molar-refractivity contribution >= 4 is 47.2 Å². The van der Waals surface area contributed by atoms with E-state index in [0.29, 0.717) is 50.8 Å². The normalized spacial score (nSPS) is 14.1. The van der Waals surface area contributed by atoms with Crippen molar-refractivity contribution in [2.75, 3.05) is 77.9 Å². The molecule has 0 spiro atoms. The molecule has 3 atom stereocenters. The Morgan fingerprint density at radius 3 is 2.09 bits per heavy atom. The molecule has 2 aromatic rings. The number of anilines is 1. The van der Waals surface area contributed by atoms with E-state index in [1.54, 1.807) is 38.1 Å². The van der Waals surface area contributed by atoms with Gasteiger partial charge in [-0.05, 0) is 67.9 Å². The molecule has 0 aromatic heterocycles. The molecule has 2 unspecified atom stereocenters. The Labute approximate surface area is 395 Å². The fraction of sp³-hybridized carbons (Fsp3) is 0.565. The van der Waals surface area contributed by atoms with Crippen LogP contribution in [-0.2, 0) is 54.2 Å². The number of non-ortho nitro benzene ring substituents is 1. The Hall–Kier alpha value is -6.38. The molecule has 0 radical (unpaired) electrons. The Balaban J connectivity index is 1.29. The van der Waals surface area contributed by atoms with Gasteiger partial charge in [0.25, 0.3) is 5.69 Å². The summed E-state index contributed by atoms with van der Waals surface area (Å²) in [4.78, 5) is 85.3. The van der Waals surface area contributed by atoms with E-state index < -0.39 is 46.9 Å². The van der Waals surface area contributed by atoms with Crippen molar-refractivity contribution < 1.29 is 66.8 Å². The third kappa shape index (κ3) is 24.9. The molecule has 68 heavy (non-hydrogen) atoms. The number of ether oxygens (including phenoxy) is 7. The summed E-state index contributed by atoms with van der Waals surface area (Å²) in [6, 6.07) is 8.42. The van der Waals surface area contributed by atoms with Crippen LogP contribution in [0.1, 0.15) is 70.8 Å². The van der Waals surface area contributed by atoms with Crippen LogP contribution in [0.3, 0.4) is 0 Å². The monoisotopic (exact) mass is 955 g/mol. The first-order valence-electron chi connectivity index (χ1n) is 22.6. The van der Waals surface area contributed by atoms with Crippen molar-refractivity contribution in [1.29, 1.82) is 0 Å². The van der Waals surface area contributed by atoms with Crippen LogP contribution in [0.2, 0.25) is 0 Å². The second-order valence-electron chi connectivity index (χ2n) is 15.6. The van der Waals surface area contributed by atoms with Gasteiger partial charge in [-0.3, -0.25) is 29.3 Å². The van der Waals surface area contributed by atoms with Crippen molar-refractivity contribution in [3.63, 3.8) is 0 Å². The summed E-state index contributed by atoms with van der Waals surface area (Å²) >= 11 is 0. The lowest BCUT2D eigenvalue weighted by Crippen LogP contribution is -2.54. The minimum atomic E-state index is -1.07. The first-order valence-corrected chi connectivity index (χ1v) is 22.6. The Kier molecular flexibility index (Phi) is 27.3. The number of carbonyl (C=O) groups is 6. The van der Waals surface area contributed by atoms with E-state index in [2.05, 4.69) is 38.4 Å². The molecule has 1 aliphatic rings. The van der Waals surface area contributed by atoms with Crippen molar-refractivity contribution in [3.8, 4) is 17.6 Å². The summed E-state index contributed by atoms with van der Waals surface area (Å²) in [6.07, 6.45) is 4.16. The number of hydrogen-bond donors (Lipinski definition) is 6. The van der Waals surface area contributed by atoms with E-state index in [1.165, 1.54) is 24.3 Å². The molecular weight excluding hydrogens is 891 g/mol. The Morgan fingerprint density at radius 1 is 0.779 bits per heavy atom. The molecule has 0 saturated heterocycles. The molecule has 0 fully saturated rings. The topological polar surface area (TPSA) is 296 Å². The molecule has 0 aliphatic heterocycles. The minimum Gasteiger partial charge on any atom is -0.429 e. The molecular formula is C46H65N7O15. The van der Waals surface area contributed by atoms with Crippen molar-refractivity contribution in [3.05, 3.63) is 64.2 Å². The highest BCUT2D eigenvalue weighted by atomic mass is 16.7. The van der Waals surface area contributed by atoms with Crippen LogP contribution in [0.5, 0.6) is 5.75 Å². The van der Waals surface area contributed by atoms with Crippen molar-refractivity contribution in [1.82, 2.24) is 21.3 Å². The maximum Gasteiger partial charge on any atom is 0.514 e. The van der Waals surface area contributed by atoms with Gasteiger partial charge >= 0.3 is 12.2 Å². The highest BCUT2D eigenvalue weighted by Crippen LogP contribution is 2.19. The van der Waals surface area contributed by atoms with Crippen LogP contribution in [-0.4, -0.2) is 131 Å². The maximum absolute atomic E-state index is 13.5. The molecule has 7 N–H and O–H groups in total. The summed E-state index contributed by atoms with van der Waals surface area (Å²) in [6.45, 7) is 6.11. The molecule has 3 rings (SSSR count). The van der Waals surface area contributed by atoms with E-state index in [9.17, 15) is 38.9 Å². The molecule has 0 saturated carbocycles. The second-order valence-corrected chi connectivity index (χ2v) is 15.6. The van der Waals surface area contributed by atoms with Crippen molar-refractivity contribution in [2.45, 2.75) is 90.0 Å². The summed E-state index contributed by atoms with van der Waals surface area (Å²) in [5, 5.41) is 24.2. The fourth-order valence-electron chi connectivity index (χ4n) is 6.17. The molecule has 0 heterocycles. The first kappa shape index (κ1) is 55.9. The number of urea groups is 1.